The molecule has 0 aliphatic rings. The molecule has 13 heavy (non-hydrogen) atoms. The van der Waals surface area contributed by atoms with Crippen LogP contribution in [0.1, 0.15) is 18.4 Å². The van der Waals surface area contributed by atoms with Crippen molar-refractivity contribution in [2.24, 2.45) is 0 Å². The lowest BCUT2D eigenvalue weighted by molar-refractivity contribution is 0.622. The fraction of sp³-hybridized carbons (Fsp3) is 0.400. The third-order valence-corrected chi connectivity index (χ3v) is 7.05. The first kappa shape index (κ1) is 10.7. The van der Waals surface area contributed by atoms with Crippen LogP contribution < -0.4 is 0 Å². The zero-order valence-electron chi connectivity index (χ0n) is 8.66. The Morgan fingerprint density at radius 2 is 2.00 bits per heavy atom. The summed E-state index contributed by atoms with van der Waals surface area (Å²) in [6.45, 7) is 4.58. The van der Waals surface area contributed by atoms with E-state index in [0.717, 1.165) is 10.5 Å². The zero-order chi connectivity index (χ0) is 9.68. The molecule has 0 aromatic heterocycles. The van der Waals surface area contributed by atoms with Crippen LogP contribution in [0.2, 0.25) is 12.6 Å². The van der Waals surface area contributed by atoms with Crippen molar-refractivity contribution in [2.75, 3.05) is 0 Å². The monoisotopic (exact) mass is 210 g/mol. The maximum atomic E-state index is 5.52. The lowest BCUT2D eigenvalue weighted by Gasteiger charge is -2.15. The minimum atomic E-state index is -0.847. The van der Waals surface area contributed by atoms with Gasteiger partial charge in [-0.25, -0.2) is 0 Å². The lowest BCUT2D eigenvalue weighted by Crippen LogP contribution is -2.14. The highest BCUT2D eigenvalue weighted by molar-refractivity contribution is 6.54. The summed E-state index contributed by atoms with van der Waals surface area (Å²) in [4.78, 5) is 0. The van der Waals surface area contributed by atoms with Crippen LogP contribution in [0, 0.1) is 0 Å². The van der Waals surface area contributed by atoms with Gasteiger partial charge in [-0.15, -0.1) is 0 Å². The summed E-state index contributed by atoms with van der Waals surface area (Å²) in [7, 11) is 0.0551. The van der Waals surface area contributed by atoms with E-state index in [-0.39, 0.29) is 0 Å². The molecule has 2 atom stereocenters. The minimum absolute atomic E-state index is 0.664. The number of rotatable bonds is 4. The number of hydrogen-bond acceptors (Lipinski definition) is 1. The molecule has 1 aromatic carbocycles. The van der Waals surface area contributed by atoms with Gasteiger partial charge in [-0.1, -0.05) is 37.3 Å². The average Bonchev–Trinajstić information content (AvgIpc) is 2.19. The van der Waals surface area contributed by atoms with Crippen LogP contribution in [0.3, 0.4) is 0 Å². The van der Waals surface area contributed by atoms with Gasteiger partial charge in [0, 0.05) is 0 Å². The van der Waals surface area contributed by atoms with E-state index in [2.05, 4.69) is 43.8 Å². The highest BCUT2D eigenvalue weighted by Crippen LogP contribution is 2.20. The molecule has 3 heteroatoms. The molecule has 0 saturated heterocycles. The molecule has 0 fully saturated rings. The van der Waals surface area contributed by atoms with E-state index in [1.165, 1.54) is 11.6 Å². The Morgan fingerprint density at radius 1 is 1.38 bits per heavy atom. The maximum absolute atomic E-state index is 5.52. The molecule has 0 amide bonds. The van der Waals surface area contributed by atoms with E-state index >= 15 is 0 Å². The summed E-state index contributed by atoms with van der Waals surface area (Å²) >= 11 is 0. The molecule has 0 spiro atoms. The van der Waals surface area contributed by atoms with Crippen molar-refractivity contribution in [3.63, 3.8) is 0 Å². The van der Waals surface area contributed by atoms with Crippen molar-refractivity contribution >= 4 is 19.5 Å². The molecule has 0 heterocycles. The van der Waals surface area contributed by atoms with Crippen LogP contribution >= 0.6 is 0 Å². The summed E-state index contributed by atoms with van der Waals surface area (Å²) in [6.07, 6.45) is 0. The molecule has 1 nitrogen and oxygen atoms in total. The summed E-state index contributed by atoms with van der Waals surface area (Å²) in [5.74, 6) is 0.664. The van der Waals surface area contributed by atoms with Gasteiger partial charge in [-0.3, -0.25) is 0 Å². The van der Waals surface area contributed by atoms with Crippen LogP contribution in [0.4, 0.5) is 0 Å². The van der Waals surface area contributed by atoms with Crippen molar-refractivity contribution in [2.45, 2.75) is 25.4 Å². The Hall–Kier alpha value is -0.386. The third kappa shape index (κ3) is 3.46. The average molecular weight is 210 g/mol. The quantitative estimate of drug-likeness (QED) is 0.684. The first-order valence-corrected chi connectivity index (χ1v) is 8.07. The molecule has 0 aliphatic heterocycles. The highest BCUT2D eigenvalue weighted by Gasteiger charge is 2.10. The van der Waals surface area contributed by atoms with E-state index in [0.29, 0.717) is 5.92 Å². The van der Waals surface area contributed by atoms with Crippen LogP contribution in [-0.2, 0) is 4.12 Å². The predicted molar refractivity (Wildman–Crippen MR) is 63.7 cm³/mol. The van der Waals surface area contributed by atoms with Crippen molar-refractivity contribution < 1.29 is 4.12 Å². The first-order valence-electron chi connectivity index (χ1n) is 4.81. The van der Waals surface area contributed by atoms with Crippen molar-refractivity contribution in [1.82, 2.24) is 0 Å². The van der Waals surface area contributed by atoms with Crippen molar-refractivity contribution in [1.29, 1.82) is 0 Å². The van der Waals surface area contributed by atoms with Crippen molar-refractivity contribution in [3.05, 3.63) is 35.9 Å². The Balaban J connectivity index is 2.53. The smallest absolute Gasteiger partial charge is 0.159 e. The van der Waals surface area contributed by atoms with Gasteiger partial charge in [0.2, 0.25) is 0 Å². The molecule has 0 saturated carbocycles. The van der Waals surface area contributed by atoms with Crippen LogP contribution in [0.15, 0.2) is 30.3 Å². The minimum Gasteiger partial charge on any atom is -0.466 e. The van der Waals surface area contributed by atoms with Gasteiger partial charge < -0.3 is 4.12 Å². The van der Waals surface area contributed by atoms with Crippen molar-refractivity contribution in [3.8, 4) is 0 Å². The van der Waals surface area contributed by atoms with Gasteiger partial charge in [0.05, 0.1) is 0 Å². The second-order valence-corrected chi connectivity index (χ2v) is 7.57. The molecule has 0 N–H and O–H groups in total. The normalized spacial score (nSPS) is 15.5. The van der Waals surface area contributed by atoms with E-state index in [1.807, 2.05) is 0 Å². The van der Waals surface area contributed by atoms with Crippen LogP contribution in [-0.4, -0.2) is 19.5 Å². The second-order valence-electron chi connectivity index (χ2n) is 3.59. The Bertz CT molecular complexity index is 238. The fourth-order valence-corrected chi connectivity index (χ4v) is 3.55. The summed E-state index contributed by atoms with van der Waals surface area (Å²) in [5.41, 5.74) is 1.44. The molecule has 1 rings (SSSR count). The van der Waals surface area contributed by atoms with E-state index in [9.17, 15) is 0 Å². The summed E-state index contributed by atoms with van der Waals surface area (Å²) in [5, 5.41) is 0. The molecule has 0 bridgehead atoms. The summed E-state index contributed by atoms with van der Waals surface area (Å²) < 4.78 is 5.52. The van der Waals surface area contributed by atoms with Gasteiger partial charge in [-0.05, 0) is 24.1 Å². The molecule has 1 aromatic rings. The Morgan fingerprint density at radius 3 is 2.54 bits per heavy atom. The number of benzene rings is 1. The predicted octanol–water partition coefficient (Wildman–Crippen LogP) is 1.44. The largest absolute Gasteiger partial charge is 0.466 e. The zero-order valence-corrected chi connectivity index (χ0v) is 11.8. The maximum Gasteiger partial charge on any atom is 0.159 e. The van der Waals surface area contributed by atoms with Crippen LogP contribution in [0.25, 0.3) is 0 Å². The Kier molecular flexibility index (Phi) is 4.41. The molecule has 0 radical (unpaired) electrons. The topological polar surface area (TPSA) is 9.23 Å². The van der Waals surface area contributed by atoms with E-state index in [4.69, 9.17) is 4.12 Å². The van der Waals surface area contributed by atoms with Gasteiger partial charge in [0.1, 0.15) is 10.5 Å². The molecule has 0 aliphatic carbocycles. The summed E-state index contributed by atoms with van der Waals surface area (Å²) in [6, 6.07) is 12.0. The van der Waals surface area contributed by atoms with Gasteiger partial charge in [-0.2, -0.15) is 0 Å². The van der Waals surface area contributed by atoms with Gasteiger partial charge >= 0.3 is 0 Å². The van der Waals surface area contributed by atoms with Crippen LogP contribution in [0.5, 0.6) is 0 Å². The first-order chi connectivity index (χ1) is 6.24. The number of hydrogen-bond donors (Lipinski definition) is 0. The SMILES string of the molecule is CC(C[SiH](C)O[SiH3])c1ccccc1. The molecule has 72 valence electrons. The molecule has 2 unspecified atom stereocenters. The second kappa shape index (κ2) is 5.37. The lowest BCUT2D eigenvalue weighted by atomic mass is 10.0. The van der Waals surface area contributed by atoms with E-state index < -0.39 is 9.04 Å². The third-order valence-electron chi connectivity index (χ3n) is 2.46. The molecular weight excluding hydrogens is 192 g/mol. The standard InChI is InChI=1S/C10H18OSi2/c1-9(8-13(2)11-12)10-6-4-3-5-7-10/h3-7,9,13H,8H2,1-2,12H3. The molecular formula is C10H18OSi2. The van der Waals surface area contributed by atoms with Gasteiger partial charge in [0.25, 0.3) is 0 Å². The van der Waals surface area contributed by atoms with E-state index in [1.54, 1.807) is 0 Å². The Labute approximate surface area is 85.4 Å². The highest BCUT2D eigenvalue weighted by atomic mass is 28.3. The fourth-order valence-electron chi connectivity index (χ4n) is 1.51. The van der Waals surface area contributed by atoms with Gasteiger partial charge in [0.15, 0.2) is 9.04 Å².